The Morgan fingerprint density at radius 3 is 2.69 bits per heavy atom. The number of hydrogen-bond acceptors (Lipinski definition) is 2. The standard InChI is InChI=1S/C10H19N3/c1-5-6-10-8(2)9(7-11-3)12-13(10)4/h11H,5-7H2,1-4H3. The minimum atomic E-state index is 0.864. The van der Waals surface area contributed by atoms with E-state index in [0.29, 0.717) is 0 Å². The van der Waals surface area contributed by atoms with Gasteiger partial charge in [-0.3, -0.25) is 4.68 Å². The second-order valence-corrected chi connectivity index (χ2v) is 3.42. The van der Waals surface area contributed by atoms with Gasteiger partial charge in [-0.2, -0.15) is 5.10 Å². The van der Waals surface area contributed by atoms with Crippen LogP contribution in [0.2, 0.25) is 0 Å². The lowest BCUT2D eigenvalue weighted by molar-refractivity contribution is 0.674. The van der Waals surface area contributed by atoms with Gasteiger partial charge in [-0.1, -0.05) is 13.3 Å². The van der Waals surface area contributed by atoms with Gasteiger partial charge in [0.2, 0.25) is 0 Å². The smallest absolute Gasteiger partial charge is 0.0794 e. The van der Waals surface area contributed by atoms with E-state index in [2.05, 4.69) is 24.3 Å². The average Bonchev–Trinajstić information content (AvgIpc) is 2.34. The lowest BCUT2D eigenvalue weighted by Crippen LogP contribution is -2.06. The molecule has 0 radical (unpaired) electrons. The van der Waals surface area contributed by atoms with Crippen LogP contribution in [0.25, 0.3) is 0 Å². The highest BCUT2D eigenvalue weighted by atomic mass is 15.3. The van der Waals surface area contributed by atoms with Crippen LogP contribution < -0.4 is 5.32 Å². The van der Waals surface area contributed by atoms with Crippen molar-refractivity contribution in [3.63, 3.8) is 0 Å². The van der Waals surface area contributed by atoms with E-state index in [-0.39, 0.29) is 0 Å². The fourth-order valence-electron chi connectivity index (χ4n) is 1.65. The zero-order valence-electron chi connectivity index (χ0n) is 9.02. The molecule has 1 rings (SSSR count). The third-order valence-corrected chi connectivity index (χ3v) is 2.36. The van der Waals surface area contributed by atoms with Crippen molar-refractivity contribution in [2.75, 3.05) is 7.05 Å². The van der Waals surface area contributed by atoms with Gasteiger partial charge in [0.25, 0.3) is 0 Å². The fourth-order valence-corrected chi connectivity index (χ4v) is 1.65. The number of nitrogens with zero attached hydrogens (tertiary/aromatic N) is 2. The summed E-state index contributed by atoms with van der Waals surface area (Å²) in [4.78, 5) is 0. The fraction of sp³-hybridized carbons (Fsp3) is 0.700. The number of rotatable bonds is 4. The molecule has 1 aromatic rings. The molecule has 0 fully saturated rings. The molecule has 1 heterocycles. The number of hydrogen-bond donors (Lipinski definition) is 1. The van der Waals surface area contributed by atoms with Crippen LogP contribution in [0.3, 0.4) is 0 Å². The maximum absolute atomic E-state index is 4.47. The minimum absolute atomic E-state index is 0.864. The van der Waals surface area contributed by atoms with Crippen molar-refractivity contribution in [1.29, 1.82) is 0 Å². The van der Waals surface area contributed by atoms with Crippen molar-refractivity contribution in [1.82, 2.24) is 15.1 Å². The summed E-state index contributed by atoms with van der Waals surface area (Å²) in [5.41, 5.74) is 3.89. The summed E-state index contributed by atoms with van der Waals surface area (Å²) in [6.07, 6.45) is 2.30. The topological polar surface area (TPSA) is 29.9 Å². The Bertz CT molecular complexity index is 276. The third-order valence-electron chi connectivity index (χ3n) is 2.36. The van der Waals surface area contributed by atoms with Crippen molar-refractivity contribution in [3.05, 3.63) is 17.0 Å². The summed E-state index contributed by atoms with van der Waals surface area (Å²) < 4.78 is 2.01. The molecule has 3 nitrogen and oxygen atoms in total. The lowest BCUT2D eigenvalue weighted by Gasteiger charge is -2.00. The normalized spacial score (nSPS) is 10.8. The number of nitrogens with one attached hydrogen (secondary N) is 1. The van der Waals surface area contributed by atoms with Gasteiger partial charge in [0.1, 0.15) is 0 Å². The molecule has 1 N–H and O–H groups in total. The molecule has 0 aliphatic rings. The molecule has 0 atom stereocenters. The third kappa shape index (κ3) is 2.10. The van der Waals surface area contributed by atoms with Gasteiger partial charge in [-0.05, 0) is 26.0 Å². The average molecular weight is 181 g/mol. The maximum atomic E-state index is 4.47. The maximum Gasteiger partial charge on any atom is 0.0794 e. The van der Waals surface area contributed by atoms with Crippen LogP contribution in [0.15, 0.2) is 0 Å². The molecule has 0 spiro atoms. The van der Waals surface area contributed by atoms with E-state index in [0.717, 1.165) is 13.0 Å². The first kappa shape index (κ1) is 10.3. The molecule has 0 amide bonds. The summed E-state index contributed by atoms with van der Waals surface area (Å²) >= 11 is 0. The molecule has 3 heteroatoms. The number of aryl methyl sites for hydroxylation is 1. The van der Waals surface area contributed by atoms with Crippen molar-refractivity contribution in [2.24, 2.45) is 7.05 Å². The molecule has 0 unspecified atom stereocenters. The van der Waals surface area contributed by atoms with Crippen LogP contribution >= 0.6 is 0 Å². The van der Waals surface area contributed by atoms with E-state index in [1.165, 1.54) is 23.4 Å². The Balaban J connectivity index is 2.92. The summed E-state index contributed by atoms with van der Waals surface area (Å²) in [6.45, 7) is 5.22. The highest BCUT2D eigenvalue weighted by Crippen LogP contribution is 2.13. The van der Waals surface area contributed by atoms with Crippen molar-refractivity contribution in [3.8, 4) is 0 Å². The summed E-state index contributed by atoms with van der Waals surface area (Å²) in [6, 6.07) is 0. The van der Waals surface area contributed by atoms with Gasteiger partial charge in [-0.25, -0.2) is 0 Å². The van der Waals surface area contributed by atoms with Crippen LogP contribution in [-0.2, 0) is 20.0 Å². The van der Waals surface area contributed by atoms with E-state index in [1.807, 2.05) is 18.8 Å². The Morgan fingerprint density at radius 2 is 2.15 bits per heavy atom. The highest BCUT2D eigenvalue weighted by molar-refractivity contribution is 5.24. The highest BCUT2D eigenvalue weighted by Gasteiger charge is 2.09. The predicted octanol–water partition coefficient (Wildman–Crippen LogP) is 1.40. The Hall–Kier alpha value is -0.830. The predicted molar refractivity (Wildman–Crippen MR) is 54.7 cm³/mol. The van der Waals surface area contributed by atoms with Gasteiger partial charge >= 0.3 is 0 Å². The van der Waals surface area contributed by atoms with Gasteiger partial charge < -0.3 is 5.32 Å². The summed E-state index contributed by atoms with van der Waals surface area (Å²) in [5, 5.41) is 7.60. The summed E-state index contributed by atoms with van der Waals surface area (Å²) in [5.74, 6) is 0. The van der Waals surface area contributed by atoms with E-state index in [1.54, 1.807) is 0 Å². The molecule has 0 saturated heterocycles. The molecule has 1 aromatic heterocycles. The molecule has 74 valence electrons. The largest absolute Gasteiger partial charge is 0.314 e. The molecular weight excluding hydrogens is 162 g/mol. The van der Waals surface area contributed by atoms with E-state index in [4.69, 9.17) is 0 Å². The van der Waals surface area contributed by atoms with Crippen LogP contribution in [-0.4, -0.2) is 16.8 Å². The van der Waals surface area contributed by atoms with Crippen molar-refractivity contribution in [2.45, 2.75) is 33.2 Å². The van der Waals surface area contributed by atoms with Gasteiger partial charge in [0.05, 0.1) is 5.69 Å². The monoisotopic (exact) mass is 181 g/mol. The molecule has 0 saturated carbocycles. The Morgan fingerprint density at radius 1 is 1.46 bits per heavy atom. The molecule has 0 aliphatic heterocycles. The minimum Gasteiger partial charge on any atom is -0.314 e. The van der Waals surface area contributed by atoms with E-state index in [9.17, 15) is 0 Å². The molecule has 0 aromatic carbocycles. The molecule has 13 heavy (non-hydrogen) atoms. The Labute approximate surface area is 80.1 Å². The molecule has 0 bridgehead atoms. The molecule has 0 aliphatic carbocycles. The molecular formula is C10H19N3. The van der Waals surface area contributed by atoms with E-state index < -0.39 is 0 Å². The first-order valence-electron chi connectivity index (χ1n) is 4.86. The van der Waals surface area contributed by atoms with Gasteiger partial charge in [0, 0.05) is 19.3 Å². The second-order valence-electron chi connectivity index (χ2n) is 3.42. The summed E-state index contributed by atoms with van der Waals surface area (Å²) in [7, 11) is 3.98. The van der Waals surface area contributed by atoms with Crippen LogP contribution in [0, 0.1) is 6.92 Å². The zero-order valence-corrected chi connectivity index (χ0v) is 9.02. The van der Waals surface area contributed by atoms with Crippen LogP contribution in [0.5, 0.6) is 0 Å². The second kappa shape index (κ2) is 4.42. The van der Waals surface area contributed by atoms with Crippen LogP contribution in [0.1, 0.15) is 30.3 Å². The van der Waals surface area contributed by atoms with Crippen LogP contribution in [0.4, 0.5) is 0 Å². The SMILES string of the molecule is CCCc1c(C)c(CNC)nn1C. The van der Waals surface area contributed by atoms with Crippen molar-refractivity contribution >= 4 is 0 Å². The number of aromatic nitrogens is 2. The quantitative estimate of drug-likeness (QED) is 0.761. The van der Waals surface area contributed by atoms with Gasteiger partial charge in [-0.15, -0.1) is 0 Å². The van der Waals surface area contributed by atoms with Gasteiger partial charge in [0.15, 0.2) is 0 Å². The first-order chi connectivity index (χ1) is 6.20. The first-order valence-corrected chi connectivity index (χ1v) is 4.86. The zero-order chi connectivity index (χ0) is 9.84. The Kier molecular flexibility index (Phi) is 3.48. The lowest BCUT2D eigenvalue weighted by atomic mass is 10.1. The van der Waals surface area contributed by atoms with E-state index >= 15 is 0 Å². The van der Waals surface area contributed by atoms with Crippen molar-refractivity contribution < 1.29 is 0 Å².